The number of methoxy groups -OCH3 is 1. The molecule has 0 bridgehead atoms. The Labute approximate surface area is 264 Å². The van der Waals surface area contributed by atoms with Gasteiger partial charge in [-0.2, -0.15) is 0 Å². The summed E-state index contributed by atoms with van der Waals surface area (Å²) in [6, 6.07) is 22.7. The minimum absolute atomic E-state index is 0.214. The van der Waals surface area contributed by atoms with Crippen molar-refractivity contribution in [2.24, 2.45) is 4.99 Å². The van der Waals surface area contributed by atoms with Crippen LogP contribution in [0.3, 0.4) is 0 Å². The lowest BCUT2D eigenvalue weighted by molar-refractivity contribution is -0.139. The number of hydrogen-bond acceptors (Lipinski definition) is 6. The van der Waals surface area contributed by atoms with Gasteiger partial charge in [-0.3, -0.25) is 9.36 Å². The number of allylic oxidation sites excluding steroid dienone is 1. The van der Waals surface area contributed by atoms with Crippen molar-refractivity contribution < 1.29 is 14.3 Å². The van der Waals surface area contributed by atoms with Crippen LogP contribution in [0.4, 0.5) is 0 Å². The summed E-state index contributed by atoms with van der Waals surface area (Å²) in [5.41, 5.74) is 4.68. The van der Waals surface area contributed by atoms with Crippen LogP contribution in [0.25, 0.3) is 17.0 Å². The summed E-state index contributed by atoms with van der Waals surface area (Å²) in [4.78, 5) is 33.2. The number of ether oxygens (including phenoxy) is 2. The van der Waals surface area contributed by atoms with E-state index >= 15 is 0 Å². The molecule has 0 aliphatic carbocycles. The third kappa shape index (κ3) is 5.63. The molecular weight excluding hydrogens is 594 g/mol. The predicted molar refractivity (Wildman–Crippen MR) is 175 cm³/mol. The maximum Gasteiger partial charge on any atom is 0.338 e. The van der Waals surface area contributed by atoms with Crippen LogP contribution in [0.5, 0.6) is 5.75 Å². The predicted octanol–water partition coefficient (Wildman–Crippen LogP) is 6.24. The van der Waals surface area contributed by atoms with E-state index < -0.39 is 12.0 Å². The average Bonchev–Trinajstić information content (AvgIpc) is 3.54. The minimum atomic E-state index is -0.699. The Morgan fingerprint density at radius 1 is 1.07 bits per heavy atom. The number of carbonyl (C=O) groups excluding carboxylic acids is 1. The number of benzene rings is 3. The fraction of sp³-hybridized carbons (Fsp3) is 0.229. The number of nitrogens with zero attached hydrogens (tertiary/aromatic N) is 3. The molecule has 224 valence electrons. The number of hydrogen-bond donors (Lipinski definition) is 0. The van der Waals surface area contributed by atoms with E-state index in [0.29, 0.717) is 44.3 Å². The van der Waals surface area contributed by atoms with Gasteiger partial charge in [-0.15, -0.1) is 0 Å². The largest absolute Gasteiger partial charge is 0.497 e. The SMILES string of the molecule is CCCC1=C(C(=O)OCC)[C@H](c2cccc(OC)c2)n2c(s/c(=C/c3cn(Cc4ccc(Cl)cc4)c4ccccc34)c2=O)=N1. The quantitative estimate of drug-likeness (QED) is 0.182. The molecule has 2 aromatic heterocycles. The van der Waals surface area contributed by atoms with Gasteiger partial charge in [0, 0.05) is 34.2 Å². The number of esters is 1. The summed E-state index contributed by atoms with van der Waals surface area (Å²) in [6.07, 6.45) is 5.37. The molecule has 0 spiro atoms. The number of carbonyl (C=O) groups is 1. The van der Waals surface area contributed by atoms with Gasteiger partial charge in [0.2, 0.25) is 0 Å². The molecule has 9 heteroatoms. The van der Waals surface area contributed by atoms with Gasteiger partial charge in [0.25, 0.3) is 5.56 Å². The lowest BCUT2D eigenvalue weighted by Crippen LogP contribution is -2.40. The van der Waals surface area contributed by atoms with E-state index in [4.69, 9.17) is 26.1 Å². The van der Waals surface area contributed by atoms with Crippen LogP contribution in [0, 0.1) is 0 Å². The van der Waals surface area contributed by atoms with Crippen molar-refractivity contribution in [2.75, 3.05) is 13.7 Å². The first-order valence-corrected chi connectivity index (χ1v) is 15.8. The number of aromatic nitrogens is 2. The second kappa shape index (κ2) is 12.7. The number of fused-ring (bicyclic) bond motifs is 2. The first-order chi connectivity index (χ1) is 21.4. The Morgan fingerprint density at radius 2 is 1.86 bits per heavy atom. The van der Waals surface area contributed by atoms with Crippen LogP contribution in [0.2, 0.25) is 5.02 Å². The van der Waals surface area contributed by atoms with Crippen molar-refractivity contribution in [3.05, 3.63) is 132 Å². The van der Waals surface area contributed by atoms with E-state index in [1.165, 1.54) is 11.3 Å². The van der Waals surface area contributed by atoms with Crippen LogP contribution < -0.4 is 19.6 Å². The van der Waals surface area contributed by atoms with E-state index in [2.05, 4.69) is 22.9 Å². The Bertz CT molecular complexity index is 2070. The van der Waals surface area contributed by atoms with Gasteiger partial charge < -0.3 is 14.0 Å². The highest BCUT2D eigenvalue weighted by Crippen LogP contribution is 2.34. The Balaban J connectivity index is 1.54. The van der Waals surface area contributed by atoms with Crippen molar-refractivity contribution in [1.82, 2.24) is 9.13 Å². The fourth-order valence-corrected chi connectivity index (χ4v) is 6.83. The van der Waals surface area contributed by atoms with Crippen LogP contribution in [-0.4, -0.2) is 28.8 Å². The third-order valence-electron chi connectivity index (χ3n) is 7.67. The number of para-hydroxylation sites is 1. The first kappa shape index (κ1) is 29.7. The van der Waals surface area contributed by atoms with E-state index in [0.717, 1.165) is 34.0 Å². The molecule has 0 radical (unpaired) electrons. The zero-order valence-corrected chi connectivity index (χ0v) is 26.3. The monoisotopic (exact) mass is 625 g/mol. The maximum absolute atomic E-state index is 14.3. The van der Waals surface area contributed by atoms with Gasteiger partial charge in [-0.1, -0.05) is 78.7 Å². The maximum atomic E-state index is 14.3. The molecular formula is C35H32ClN3O4S. The normalized spacial score (nSPS) is 14.9. The zero-order chi connectivity index (χ0) is 30.8. The van der Waals surface area contributed by atoms with Crippen LogP contribution in [0.15, 0.2) is 100 Å². The molecule has 0 saturated heterocycles. The summed E-state index contributed by atoms with van der Waals surface area (Å²) in [7, 11) is 1.60. The molecule has 7 nitrogen and oxygen atoms in total. The standard InChI is InChI=1S/C35H32ClN3O4S/c1-4-9-28-31(34(41)43-5-2)32(23-10-8-11-26(18-23)42-3)39-33(40)30(44-35(39)37-28)19-24-21-38(29-13-7-6-12-27(24)29)20-22-14-16-25(36)17-15-22/h6-8,10-19,21,32H,4-5,9,20H2,1-3H3/b30-19+/t32-/m0/s1. The van der Waals surface area contributed by atoms with Crippen LogP contribution >= 0.6 is 22.9 Å². The van der Waals surface area contributed by atoms with Gasteiger partial charge in [-0.05, 0) is 60.9 Å². The first-order valence-electron chi connectivity index (χ1n) is 14.6. The van der Waals surface area contributed by atoms with Crippen molar-refractivity contribution in [3.63, 3.8) is 0 Å². The smallest absolute Gasteiger partial charge is 0.338 e. The molecule has 3 heterocycles. The molecule has 0 unspecified atom stereocenters. The summed E-state index contributed by atoms with van der Waals surface area (Å²) >= 11 is 7.44. The Morgan fingerprint density at radius 3 is 2.61 bits per heavy atom. The topological polar surface area (TPSA) is 74.8 Å². The molecule has 0 amide bonds. The number of halogens is 1. The third-order valence-corrected chi connectivity index (χ3v) is 8.91. The molecule has 1 atom stereocenters. The van der Waals surface area contributed by atoms with Crippen LogP contribution in [0.1, 0.15) is 49.4 Å². The van der Waals surface area contributed by atoms with Crippen LogP contribution in [-0.2, 0) is 16.1 Å². The highest BCUT2D eigenvalue weighted by molar-refractivity contribution is 7.07. The second-order valence-electron chi connectivity index (χ2n) is 10.5. The fourth-order valence-electron chi connectivity index (χ4n) is 5.70. The lowest BCUT2D eigenvalue weighted by atomic mass is 9.94. The highest BCUT2D eigenvalue weighted by Gasteiger charge is 2.34. The van der Waals surface area contributed by atoms with Crippen molar-refractivity contribution in [3.8, 4) is 5.75 Å². The van der Waals surface area contributed by atoms with Gasteiger partial charge >= 0.3 is 5.97 Å². The summed E-state index contributed by atoms with van der Waals surface area (Å²) in [5.74, 6) is 0.169. The van der Waals surface area contributed by atoms with Gasteiger partial charge in [0.1, 0.15) is 5.75 Å². The minimum Gasteiger partial charge on any atom is -0.497 e. The molecule has 0 fully saturated rings. The zero-order valence-electron chi connectivity index (χ0n) is 24.7. The molecule has 5 aromatic rings. The highest BCUT2D eigenvalue weighted by atomic mass is 35.5. The molecule has 0 N–H and O–H groups in total. The molecule has 44 heavy (non-hydrogen) atoms. The molecule has 6 rings (SSSR count). The summed E-state index contributed by atoms with van der Waals surface area (Å²) in [6.45, 7) is 4.70. The van der Waals surface area contributed by atoms with Gasteiger partial charge in [-0.25, -0.2) is 9.79 Å². The Hall–Kier alpha value is -4.40. The lowest BCUT2D eigenvalue weighted by Gasteiger charge is -2.26. The molecule has 0 saturated carbocycles. The van der Waals surface area contributed by atoms with Crippen molar-refractivity contribution in [2.45, 2.75) is 39.3 Å². The van der Waals surface area contributed by atoms with Crippen molar-refractivity contribution in [1.29, 1.82) is 0 Å². The Kier molecular flexibility index (Phi) is 8.55. The summed E-state index contributed by atoms with van der Waals surface area (Å²) in [5, 5.41) is 1.73. The summed E-state index contributed by atoms with van der Waals surface area (Å²) < 4.78 is 15.4. The number of thiazole rings is 1. The van der Waals surface area contributed by atoms with Gasteiger partial charge in [0.15, 0.2) is 4.80 Å². The molecule has 1 aliphatic rings. The van der Waals surface area contributed by atoms with Crippen molar-refractivity contribution >= 4 is 45.9 Å². The van der Waals surface area contributed by atoms with E-state index in [1.54, 1.807) is 18.6 Å². The van der Waals surface area contributed by atoms with E-state index in [1.807, 2.05) is 73.7 Å². The van der Waals surface area contributed by atoms with E-state index in [9.17, 15) is 9.59 Å². The number of rotatable bonds is 9. The van der Waals surface area contributed by atoms with Gasteiger partial charge in [0.05, 0.1) is 35.6 Å². The molecule has 1 aliphatic heterocycles. The molecule has 3 aromatic carbocycles. The second-order valence-corrected chi connectivity index (χ2v) is 12.0. The van der Waals surface area contributed by atoms with E-state index in [-0.39, 0.29) is 12.2 Å². The average molecular weight is 626 g/mol.